The van der Waals surface area contributed by atoms with Gasteiger partial charge >= 0.3 is 5.97 Å². The van der Waals surface area contributed by atoms with Gasteiger partial charge in [-0.1, -0.05) is 18.2 Å². The van der Waals surface area contributed by atoms with Crippen LogP contribution in [-0.2, 0) is 4.79 Å². The Kier molecular flexibility index (Phi) is 4.43. The lowest BCUT2D eigenvalue weighted by molar-refractivity contribution is -0.131. The zero-order valence-electron chi connectivity index (χ0n) is 12.6. The lowest BCUT2D eigenvalue weighted by atomic mass is 10.2. The number of phenols is 1. The van der Waals surface area contributed by atoms with Crippen molar-refractivity contribution in [2.75, 3.05) is 7.11 Å². The quantitative estimate of drug-likeness (QED) is 0.538. The van der Waals surface area contributed by atoms with Crippen LogP contribution in [-0.4, -0.2) is 28.3 Å². The molecule has 0 atom stereocenters. The number of fused-ring (bicyclic) bond motifs is 1. The van der Waals surface area contributed by atoms with Crippen molar-refractivity contribution in [1.82, 2.24) is 4.98 Å². The molecule has 122 valence electrons. The minimum Gasteiger partial charge on any atom is -0.504 e. The van der Waals surface area contributed by atoms with Gasteiger partial charge in [-0.15, -0.1) is 0 Å². The molecule has 0 saturated carbocycles. The number of benzene rings is 2. The number of nitrogens with zero attached hydrogens (tertiary/aromatic N) is 1. The second-order valence-corrected chi connectivity index (χ2v) is 5.79. The molecule has 0 bridgehead atoms. The number of hydrogen-bond acceptors (Lipinski definition) is 6. The number of aromatic nitrogens is 1. The number of carboxylic acid groups (broad SMARTS) is 1. The molecular weight excluding hydrogens is 330 g/mol. The lowest BCUT2D eigenvalue weighted by Gasteiger charge is -2.04. The minimum atomic E-state index is -1.10. The molecule has 0 saturated heterocycles. The van der Waals surface area contributed by atoms with Crippen LogP contribution in [0.3, 0.4) is 0 Å². The Hall–Kier alpha value is -2.93. The maximum absolute atomic E-state index is 11.5. The van der Waals surface area contributed by atoms with Crippen molar-refractivity contribution in [3.63, 3.8) is 0 Å². The van der Waals surface area contributed by atoms with Crippen molar-refractivity contribution in [3.8, 4) is 11.5 Å². The number of oxazole rings is 1. The lowest BCUT2D eigenvalue weighted by Crippen LogP contribution is -1.97. The summed E-state index contributed by atoms with van der Waals surface area (Å²) in [5.41, 5.74) is 1.83. The Bertz CT molecular complexity index is 899. The Balaban J connectivity index is 1.93. The van der Waals surface area contributed by atoms with Crippen LogP contribution in [0, 0.1) is 0 Å². The first-order valence-electron chi connectivity index (χ1n) is 6.92. The molecule has 2 N–H and O–H groups in total. The fourth-order valence-electron chi connectivity index (χ4n) is 2.06. The standard InChI is InChI=1S/C17H13NO5S/c1-22-14-8-10(6-7-12(14)19)9-15(16(20)21)24-17-18-11-4-2-3-5-13(11)23-17/h2-9,19H,1H3,(H,20,21)/b15-9+. The van der Waals surface area contributed by atoms with Crippen LogP contribution in [0.4, 0.5) is 0 Å². The minimum absolute atomic E-state index is 0.0156. The van der Waals surface area contributed by atoms with Crippen molar-refractivity contribution < 1.29 is 24.2 Å². The highest BCUT2D eigenvalue weighted by atomic mass is 32.2. The van der Waals surface area contributed by atoms with Crippen molar-refractivity contribution >= 4 is 34.9 Å². The van der Waals surface area contributed by atoms with Crippen molar-refractivity contribution in [2.24, 2.45) is 0 Å². The number of carbonyl (C=O) groups is 1. The second kappa shape index (κ2) is 6.67. The normalized spacial score (nSPS) is 11.6. The number of phenolic OH excluding ortho intramolecular Hbond substituents is 1. The maximum Gasteiger partial charge on any atom is 0.342 e. The average Bonchev–Trinajstić information content (AvgIpc) is 2.98. The average molecular weight is 343 g/mol. The summed E-state index contributed by atoms with van der Waals surface area (Å²) >= 11 is 0.916. The van der Waals surface area contributed by atoms with Crippen LogP contribution in [0.15, 0.2) is 57.0 Å². The highest BCUT2D eigenvalue weighted by Gasteiger charge is 2.15. The van der Waals surface area contributed by atoms with Gasteiger partial charge in [0.25, 0.3) is 5.22 Å². The highest BCUT2D eigenvalue weighted by Crippen LogP contribution is 2.32. The molecule has 2 aromatic carbocycles. The van der Waals surface area contributed by atoms with E-state index in [-0.39, 0.29) is 21.6 Å². The molecule has 0 unspecified atom stereocenters. The van der Waals surface area contributed by atoms with Crippen molar-refractivity contribution in [2.45, 2.75) is 5.22 Å². The van der Waals surface area contributed by atoms with E-state index >= 15 is 0 Å². The summed E-state index contributed by atoms with van der Waals surface area (Å²) < 4.78 is 10.6. The Morgan fingerprint density at radius 3 is 2.79 bits per heavy atom. The van der Waals surface area contributed by atoms with E-state index in [1.54, 1.807) is 24.3 Å². The van der Waals surface area contributed by atoms with Crippen LogP contribution in [0.25, 0.3) is 17.2 Å². The van der Waals surface area contributed by atoms with Gasteiger partial charge in [-0.3, -0.25) is 0 Å². The smallest absolute Gasteiger partial charge is 0.342 e. The first-order valence-corrected chi connectivity index (χ1v) is 7.74. The predicted octanol–water partition coefficient (Wildman–Crippen LogP) is 3.76. The molecule has 1 aromatic heterocycles. The topological polar surface area (TPSA) is 92.8 Å². The molecular formula is C17H13NO5S. The molecule has 0 aliphatic rings. The summed E-state index contributed by atoms with van der Waals surface area (Å²) in [6, 6.07) is 11.8. The number of para-hydroxylation sites is 2. The van der Waals surface area contributed by atoms with E-state index in [1.807, 2.05) is 12.1 Å². The number of ether oxygens (including phenoxy) is 1. The van der Waals surface area contributed by atoms with Crippen LogP contribution in [0.1, 0.15) is 5.56 Å². The van der Waals surface area contributed by atoms with E-state index in [9.17, 15) is 15.0 Å². The molecule has 0 amide bonds. The Labute approximate surface area is 141 Å². The molecule has 3 aromatic rings. The van der Waals surface area contributed by atoms with Gasteiger partial charge in [0.1, 0.15) is 10.4 Å². The monoisotopic (exact) mass is 343 g/mol. The molecule has 0 spiro atoms. The Morgan fingerprint density at radius 1 is 1.29 bits per heavy atom. The fourth-order valence-corrected chi connectivity index (χ4v) is 2.80. The number of aromatic hydroxyl groups is 1. The third kappa shape index (κ3) is 3.36. The molecule has 3 rings (SSSR count). The van der Waals surface area contributed by atoms with E-state index in [0.717, 1.165) is 11.8 Å². The number of hydrogen-bond donors (Lipinski definition) is 2. The zero-order valence-corrected chi connectivity index (χ0v) is 13.4. The molecule has 24 heavy (non-hydrogen) atoms. The van der Waals surface area contributed by atoms with Gasteiger partial charge in [-0.2, -0.15) is 0 Å². The van der Waals surface area contributed by atoms with Gasteiger partial charge in [0, 0.05) is 0 Å². The predicted molar refractivity (Wildman–Crippen MR) is 90.1 cm³/mol. The number of thioether (sulfide) groups is 1. The van der Waals surface area contributed by atoms with Gasteiger partial charge in [-0.25, -0.2) is 9.78 Å². The Morgan fingerprint density at radius 2 is 2.08 bits per heavy atom. The second-order valence-electron chi connectivity index (χ2n) is 4.79. The molecule has 6 nitrogen and oxygen atoms in total. The van der Waals surface area contributed by atoms with E-state index in [1.165, 1.54) is 19.3 Å². The van der Waals surface area contributed by atoms with Crippen LogP contribution in [0.2, 0.25) is 0 Å². The van der Waals surface area contributed by atoms with Gasteiger partial charge in [0.05, 0.1) is 7.11 Å². The number of rotatable bonds is 5. The zero-order chi connectivity index (χ0) is 17.1. The van der Waals surface area contributed by atoms with Gasteiger partial charge < -0.3 is 19.4 Å². The largest absolute Gasteiger partial charge is 0.504 e. The molecule has 7 heteroatoms. The van der Waals surface area contributed by atoms with E-state index in [4.69, 9.17) is 9.15 Å². The molecule has 0 aliphatic heterocycles. The third-order valence-corrected chi connectivity index (χ3v) is 4.05. The maximum atomic E-state index is 11.5. The van der Waals surface area contributed by atoms with E-state index < -0.39 is 5.97 Å². The van der Waals surface area contributed by atoms with E-state index in [0.29, 0.717) is 16.7 Å². The van der Waals surface area contributed by atoms with Gasteiger partial charge in [0.15, 0.2) is 17.1 Å². The van der Waals surface area contributed by atoms with Crippen LogP contribution >= 0.6 is 11.8 Å². The summed E-state index contributed by atoms with van der Waals surface area (Å²) in [6.07, 6.45) is 1.46. The summed E-state index contributed by atoms with van der Waals surface area (Å²) in [4.78, 5) is 15.8. The van der Waals surface area contributed by atoms with Crippen molar-refractivity contribution in [3.05, 3.63) is 52.9 Å². The summed E-state index contributed by atoms with van der Waals surface area (Å²) in [5, 5.41) is 19.3. The van der Waals surface area contributed by atoms with Crippen LogP contribution < -0.4 is 4.74 Å². The molecule has 0 aliphatic carbocycles. The van der Waals surface area contributed by atoms with Crippen molar-refractivity contribution in [1.29, 1.82) is 0 Å². The molecule has 0 radical (unpaired) electrons. The van der Waals surface area contributed by atoms with Gasteiger partial charge in [-0.05, 0) is 47.7 Å². The highest BCUT2D eigenvalue weighted by molar-refractivity contribution is 8.03. The summed E-state index contributed by atoms with van der Waals surface area (Å²) in [6.45, 7) is 0. The van der Waals surface area contributed by atoms with Gasteiger partial charge in [0.2, 0.25) is 0 Å². The number of carboxylic acids is 1. The van der Waals surface area contributed by atoms with Crippen LogP contribution in [0.5, 0.6) is 11.5 Å². The summed E-state index contributed by atoms with van der Waals surface area (Å²) in [5.74, 6) is -0.854. The molecule has 1 heterocycles. The SMILES string of the molecule is COc1cc(/C=C(/Sc2nc3ccccc3o2)C(=O)O)ccc1O. The third-order valence-electron chi connectivity index (χ3n) is 3.18. The summed E-state index contributed by atoms with van der Waals surface area (Å²) in [7, 11) is 1.42. The first-order chi connectivity index (χ1) is 11.6. The number of methoxy groups -OCH3 is 1. The number of aliphatic carboxylic acids is 1. The fraction of sp³-hybridized carbons (Fsp3) is 0.0588. The molecule has 0 fully saturated rings. The van der Waals surface area contributed by atoms with E-state index in [2.05, 4.69) is 4.98 Å². The first kappa shape index (κ1) is 15.9.